The van der Waals surface area contributed by atoms with E-state index in [0.717, 1.165) is 37.6 Å². The Kier molecular flexibility index (Phi) is 5.01. The Labute approximate surface area is 175 Å². The van der Waals surface area contributed by atoms with E-state index >= 15 is 0 Å². The molecule has 3 aliphatic heterocycles. The molecule has 0 unspecified atom stereocenters. The van der Waals surface area contributed by atoms with Crippen molar-refractivity contribution in [1.82, 2.24) is 23.9 Å². The van der Waals surface area contributed by atoms with E-state index in [4.69, 9.17) is 0 Å². The Morgan fingerprint density at radius 1 is 1.17 bits per heavy atom. The van der Waals surface area contributed by atoms with Gasteiger partial charge in [0.2, 0.25) is 0 Å². The van der Waals surface area contributed by atoms with Crippen LogP contribution in [0.25, 0.3) is 0 Å². The van der Waals surface area contributed by atoms with Crippen LogP contribution >= 0.6 is 0 Å². The number of fused-ring (bicyclic) bond motifs is 4. The average Bonchev–Trinajstić information content (AvgIpc) is 3.08. The van der Waals surface area contributed by atoms with Gasteiger partial charge < -0.3 is 9.13 Å². The molecule has 0 spiro atoms. The number of aromatic nitrogens is 3. The third-order valence-electron chi connectivity index (χ3n) is 6.91. The number of hydrogen-bond acceptors (Lipinski definition) is 4. The molecule has 5 rings (SSSR count). The minimum absolute atomic E-state index is 0.00800. The van der Waals surface area contributed by atoms with Crippen molar-refractivity contribution in [2.24, 2.45) is 13.0 Å². The second kappa shape index (κ2) is 7.57. The van der Waals surface area contributed by atoms with Crippen molar-refractivity contribution < 1.29 is 8.78 Å². The molecule has 5 heterocycles. The van der Waals surface area contributed by atoms with Gasteiger partial charge >= 0.3 is 0 Å². The highest BCUT2D eigenvalue weighted by atomic mass is 19.3. The molecular weight excluding hydrogens is 388 g/mol. The number of nitrogens with zero attached hydrogens (tertiary/aromatic N) is 5. The van der Waals surface area contributed by atoms with E-state index in [1.165, 1.54) is 0 Å². The van der Waals surface area contributed by atoms with Crippen molar-refractivity contribution in [2.75, 3.05) is 26.2 Å². The van der Waals surface area contributed by atoms with Gasteiger partial charge in [-0.25, -0.2) is 13.8 Å². The normalized spacial score (nSPS) is 26.5. The highest BCUT2D eigenvalue weighted by Gasteiger charge is 2.37. The maximum absolute atomic E-state index is 13.7. The van der Waals surface area contributed by atoms with E-state index in [1.807, 2.05) is 30.1 Å². The maximum Gasteiger partial charge on any atom is 0.260 e. The zero-order chi connectivity index (χ0) is 20.9. The molecule has 0 aromatic carbocycles. The fraction of sp³-hybridized carbons (Fsp3) is 0.636. The highest BCUT2D eigenvalue weighted by molar-refractivity contribution is 5.22. The largest absolute Gasteiger partial charge is 0.337 e. The lowest BCUT2D eigenvalue weighted by atomic mass is 9.83. The summed E-state index contributed by atoms with van der Waals surface area (Å²) in [5.41, 5.74) is 1.74. The third-order valence-corrected chi connectivity index (χ3v) is 6.91. The van der Waals surface area contributed by atoms with E-state index in [1.54, 1.807) is 4.90 Å². The van der Waals surface area contributed by atoms with Gasteiger partial charge in [0.1, 0.15) is 5.82 Å². The predicted octanol–water partition coefficient (Wildman–Crippen LogP) is 2.43. The Bertz CT molecular complexity index is 984. The van der Waals surface area contributed by atoms with E-state index in [0.29, 0.717) is 43.5 Å². The summed E-state index contributed by atoms with van der Waals surface area (Å²) in [5.74, 6) is -0.820. The van der Waals surface area contributed by atoms with E-state index < -0.39 is 5.92 Å². The topological polar surface area (TPSA) is 46.3 Å². The number of piperidine rings is 2. The van der Waals surface area contributed by atoms with Gasteiger partial charge in [0.05, 0.1) is 13.1 Å². The average molecular weight is 418 g/mol. The molecule has 6 nitrogen and oxygen atoms in total. The van der Waals surface area contributed by atoms with Gasteiger partial charge in [-0.3, -0.25) is 14.6 Å². The van der Waals surface area contributed by atoms with Crippen LogP contribution in [0.2, 0.25) is 0 Å². The molecule has 2 saturated heterocycles. The highest BCUT2D eigenvalue weighted by Crippen LogP contribution is 2.36. The van der Waals surface area contributed by atoms with E-state index in [2.05, 4.69) is 20.5 Å². The molecule has 3 aliphatic rings. The van der Waals surface area contributed by atoms with Crippen molar-refractivity contribution in [1.29, 1.82) is 0 Å². The van der Waals surface area contributed by atoms with Crippen molar-refractivity contribution in [3.63, 3.8) is 0 Å². The number of halogens is 2. The van der Waals surface area contributed by atoms with E-state index in [9.17, 15) is 13.6 Å². The fourth-order valence-corrected chi connectivity index (χ4v) is 5.51. The standard InChI is InChI=1S/C22H29F2N5O/c1-26-8-6-25-20(26)14-28-10-16-9-18(13-28)19-4-3-17(21(30)29(19)11-16)12-27-7-2-5-22(23,24)15-27/h3-4,6,8,16,18H,2,5,7,9-15H2,1H3/t16-,18+/m0/s1. The molecule has 8 heteroatoms. The number of imidazole rings is 1. The van der Waals surface area contributed by atoms with Crippen molar-refractivity contribution in [3.8, 4) is 0 Å². The van der Waals surface area contributed by atoms with Gasteiger partial charge in [0, 0.05) is 69.2 Å². The summed E-state index contributed by atoms with van der Waals surface area (Å²) < 4.78 is 31.5. The molecule has 0 aliphatic carbocycles. The summed E-state index contributed by atoms with van der Waals surface area (Å²) in [4.78, 5) is 21.8. The lowest BCUT2D eigenvalue weighted by Crippen LogP contribution is -2.48. The molecule has 0 saturated carbocycles. The molecule has 2 bridgehead atoms. The molecule has 162 valence electrons. The molecular formula is C22H29F2N5O. The molecule has 2 atom stereocenters. The quantitative estimate of drug-likeness (QED) is 0.767. The Morgan fingerprint density at radius 2 is 2.03 bits per heavy atom. The maximum atomic E-state index is 13.7. The van der Waals surface area contributed by atoms with Crippen LogP contribution in [-0.4, -0.2) is 56.0 Å². The summed E-state index contributed by atoms with van der Waals surface area (Å²) in [5, 5.41) is 0. The van der Waals surface area contributed by atoms with Gasteiger partial charge in [-0.2, -0.15) is 0 Å². The van der Waals surface area contributed by atoms with Gasteiger partial charge in [-0.15, -0.1) is 0 Å². The van der Waals surface area contributed by atoms with E-state index in [-0.39, 0.29) is 18.5 Å². The lowest BCUT2D eigenvalue weighted by molar-refractivity contribution is -0.0662. The molecule has 0 amide bonds. The Balaban J connectivity index is 1.33. The van der Waals surface area contributed by atoms with Crippen molar-refractivity contribution in [2.45, 2.75) is 50.7 Å². The predicted molar refractivity (Wildman–Crippen MR) is 109 cm³/mol. The zero-order valence-electron chi connectivity index (χ0n) is 17.4. The van der Waals surface area contributed by atoms with Gasteiger partial charge in [-0.1, -0.05) is 6.07 Å². The summed E-state index contributed by atoms with van der Waals surface area (Å²) in [6.45, 7) is 4.10. The SMILES string of the molecule is Cn1ccnc1CN1C[C@@H]2C[C@H](C1)c1ccc(CN3CCCC(F)(F)C3)c(=O)n1C2. The first-order chi connectivity index (χ1) is 14.4. The molecule has 2 aromatic rings. The van der Waals surface area contributed by atoms with Gasteiger partial charge in [0.15, 0.2) is 0 Å². The van der Waals surface area contributed by atoms with Crippen LogP contribution in [0.4, 0.5) is 8.78 Å². The van der Waals surface area contributed by atoms with Crippen molar-refractivity contribution in [3.05, 3.63) is 52.0 Å². The number of hydrogen-bond donors (Lipinski definition) is 0. The molecule has 30 heavy (non-hydrogen) atoms. The summed E-state index contributed by atoms with van der Waals surface area (Å²) in [7, 11) is 2.02. The van der Waals surface area contributed by atoms with Crippen LogP contribution in [0.5, 0.6) is 0 Å². The molecule has 0 N–H and O–H groups in total. The lowest BCUT2D eigenvalue weighted by Gasteiger charge is -2.43. The second-order valence-electron chi connectivity index (χ2n) is 9.32. The van der Waals surface area contributed by atoms with Crippen LogP contribution in [0.3, 0.4) is 0 Å². The minimum Gasteiger partial charge on any atom is -0.337 e. The molecule has 2 aromatic heterocycles. The molecule has 0 radical (unpaired) electrons. The zero-order valence-corrected chi connectivity index (χ0v) is 17.4. The Hall–Kier alpha value is -2.06. The fourth-order valence-electron chi connectivity index (χ4n) is 5.51. The summed E-state index contributed by atoms with van der Waals surface area (Å²) in [6, 6.07) is 3.93. The van der Waals surface area contributed by atoms with Crippen LogP contribution in [0.15, 0.2) is 29.3 Å². The Morgan fingerprint density at radius 3 is 2.80 bits per heavy atom. The number of rotatable bonds is 4. The first-order valence-corrected chi connectivity index (χ1v) is 10.9. The second-order valence-corrected chi connectivity index (χ2v) is 9.32. The number of aryl methyl sites for hydroxylation is 1. The van der Waals surface area contributed by atoms with Crippen LogP contribution in [0, 0.1) is 5.92 Å². The van der Waals surface area contributed by atoms with Gasteiger partial charge in [-0.05, 0) is 31.4 Å². The van der Waals surface area contributed by atoms with Gasteiger partial charge in [0.25, 0.3) is 11.5 Å². The number of likely N-dealkylation sites (tertiary alicyclic amines) is 2. The third kappa shape index (κ3) is 3.83. The summed E-state index contributed by atoms with van der Waals surface area (Å²) >= 11 is 0. The van der Waals surface area contributed by atoms with Crippen LogP contribution < -0.4 is 5.56 Å². The first kappa shape index (κ1) is 19.9. The van der Waals surface area contributed by atoms with Crippen LogP contribution in [0.1, 0.15) is 42.3 Å². The minimum atomic E-state index is -2.64. The molecule has 2 fully saturated rings. The number of alkyl halides is 2. The monoisotopic (exact) mass is 417 g/mol. The smallest absolute Gasteiger partial charge is 0.260 e. The van der Waals surface area contributed by atoms with Crippen LogP contribution in [-0.2, 0) is 26.7 Å². The first-order valence-electron chi connectivity index (χ1n) is 10.9. The van der Waals surface area contributed by atoms with Crippen molar-refractivity contribution >= 4 is 0 Å². The number of pyridine rings is 1. The summed E-state index contributed by atoms with van der Waals surface area (Å²) in [6.07, 6.45) is 5.33.